The van der Waals surface area contributed by atoms with Crippen molar-refractivity contribution in [3.8, 4) is 5.69 Å². The van der Waals surface area contributed by atoms with Crippen molar-refractivity contribution >= 4 is 27.9 Å². The molecule has 160 valence electrons. The number of carbonyl (C=O) groups is 2. The molecule has 9 heteroatoms. The molecule has 8 nitrogen and oxygen atoms in total. The van der Waals surface area contributed by atoms with E-state index in [1.807, 2.05) is 53.6 Å². The van der Waals surface area contributed by atoms with E-state index < -0.39 is 22.5 Å². The van der Waals surface area contributed by atoms with Gasteiger partial charge in [0, 0.05) is 16.8 Å². The second-order valence-corrected chi connectivity index (χ2v) is 8.54. The van der Waals surface area contributed by atoms with Gasteiger partial charge in [-0.05, 0) is 62.4 Å². The Balaban J connectivity index is 1.78. The number of sulfonamides is 1. The maximum Gasteiger partial charge on any atom is 0.318 e. The van der Waals surface area contributed by atoms with E-state index in [1.54, 1.807) is 6.08 Å². The summed E-state index contributed by atoms with van der Waals surface area (Å²) in [6.45, 7) is 3.06. The molecule has 3 rings (SSSR count). The normalized spacial score (nSPS) is 11.7. The molecule has 1 aromatic heterocycles. The van der Waals surface area contributed by atoms with Crippen LogP contribution in [-0.2, 0) is 14.8 Å². The van der Waals surface area contributed by atoms with E-state index in [0.717, 1.165) is 22.6 Å². The number of nitrogens with one attached hydrogen (secondary N) is 1. The molecule has 0 saturated heterocycles. The van der Waals surface area contributed by atoms with Crippen LogP contribution in [0.3, 0.4) is 0 Å². The molecule has 3 aromatic rings. The highest BCUT2D eigenvalue weighted by Gasteiger charge is 2.16. The van der Waals surface area contributed by atoms with Crippen LogP contribution in [0, 0.1) is 13.8 Å². The summed E-state index contributed by atoms with van der Waals surface area (Å²) in [4.78, 5) is 23.0. The molecule has 0 aliphatic carbocycles. The summed E-state index contributed by atoms with van der Waals surface area (Å²) in [6, 6.07) is 14.9. The zero-order valence-corrected chi connectivity index (χ0v) is 17.8. The average Bonchev–Trinajstić information content (AvgIpc) is 3.04. The number of nitrogens with zero attached hydrogens (tertiary/aromatic N) is 2. The molecule has 0 amide bonds. The number of ketones is 1. The first kappa shape index (κ1) is 22.1. The number of carbonyl (C=O) groups excluding carboxylic acids is 1. The predicted molar refractivity (Wildman–Crippen MR) is 116 cm³/mol. The predicted octanol–water partition coefficient (Wildman–Crippen LogP) is 2.75. The zero-order valence-electron chi connectivity index (χ0n) is 16.9. The molecule has 0 fully saturated rings. The minimum atomic E-state index is -3.96. The number of carboxylic acid groups (broad SMARTS) is 1. The van der Waals surface area contributed by atoms with Crippen LogP contribution in [0.5, 0.6) is 0 Å². The van der Waals surface area contributed by atoms with Gasteiger partial charge in [0.2, 0.25) is 10.0 Å². The number of carboxylic acids is 1. The lowest BCUT2D eigenvalue weighted by molar-refractivity contribution is -0.135. The van der Waals surface area contributed by atoms with Crippen LogP contribution in [0.4, 0.5) is 0 Å². The number of aromatic nitrogens is 2. The van der Waals surface area contributed by atoms with Gasteiger partial charge in [-0.3, -0.25) is 9.59 Å². The third-order valence-corrected chi connectivity index (χ3v) is 6.03. The van der Waals surface area contributed by atoms with Gasteiger partial charge in [0.05, 0.1) is 16.3 Å². The van der Waals surface area contributed by atoms with E-state index in [4.69, 9.17) is 5.11 Å². The van der Waals surface area contributed by atoms with Crippen LogP contribution in [-0.4, -0.2) is 41.6 Å². The molecule has 0 aliphatic rings. The van der Waals surface area contributed by atoms with Crippen LogP contribution in [0.2, 0.25) is 0 Å². The highest BCUT2D eigenvalue weighted by atomic mass is 32.2. The van der Waals surface area contributed by atoms with Gasteiger partial charge in [0.1, 0.15) is 6.54 Å². The summed E-state index contributed by atoms with van der Waals surface area (Å²) in [6.07, 6.45) is 3.11. The van der Waals surface area contributed by atoms with Gasteiger partial charge in [0.15, 0.2) is 5.78 Å². The van der Waals surface area contributed by atoms with Gasteiger partial charge in [-0.15, -0.1) is 0 Å². The SMILES string of the molecule is Cc1nn(-c2ccccc2)c(C)c1/C=C/C(=O)c1ccc(S(=O)(=O)NCC(=O)O)cc1. The highest BCUT2D eigenvalue weighted by Crippen LogP contribution is 2.20. The van der Waals surface area contributed by atoms with Crippen molar-refractivity contribution in [3.05, 3.63) is 83.2 Å². The molecule has 0 radical (unpaired) electrons. The lowest BCUT2D eigenvalue weighted by atomic mass is 10.1. The lowest BCUT2D eigenvalue weighted by Gasteiger charge is -2.05. The average molecular weight is 439 g/mol. The molecule has 31 heavy (non-hydrogen) atoms. The quantitative estimate of drug-likeness (QED) is 0.412. The molecule has 0 bridgehead atoms. The third-order valence-electron chi connectivity index (χ3n) is 4.61. The Bertz CT molecular complexity index is 1240. The Hall–Kier alpha value is -3.56. The van der Waals surface area contributed by atoms with Crippen molar-refractivity contribution in [2.24, 2.45) is 0 Å². The second kappa shape index (κ2) is 9.07. The van der Waals surface area contributed by atoms with Crippen molar-refractivity contribution in [1.29, 1.82) is 0 Å². The summed E-state index contributed by atoms with van der Waals surface area (Å²) in [5, 5.41) is 13.2. The molecule has 0 unspecified atom stereocenters. The van der Waals surface area contributed by atoms with Crippen LogP contribution in [0.1, 0.15) is 27.3 Å². The van der Waals surface area contributed by atoms with Gasteiger partial charge in [-0.25, -0.2) is 13.1 Å². The Morgan fingerprint density at radius 1 is 1.06 bits per heavy atom. The smallest absolute Gasteiger partial charge is 0.318 e. The fourth-order valence-electron chi connectivity index (χ4n) is 3.01. The number of rotatable bonds is 8. The second-order valence-electron chi connectivity index (χ2n) is 6.77. The van der Waals surface area contributed by atoms with Crippen molar-refractivity contribution in [2.75, 3.05) is 6.54 Å². The van der Waals surface area contributed by atoms with E-state index in [-0.39, 0.29) is 10.7 Å². The van der Waals surface area contributed by atoms with Crippen LogP contribution >= 0.6 is 0 Å². The summed E-state index contributed by atoms with van der Waals surface area (Å²) in [7, 11) is -3.96. The Labute approximate surface area is 179 Å². The lowest BCUT2D eigenvalue weighted by Crippen LogP contribution is -2.29. The van der Waals surface area contributed by atoms with E-state index in [2.05, 4.69) is 5.10 Å². The number of aliphatic carboxylic acids is 1. The topological polar surface area (TPSA) is 118 Å². The molecule has 0 aliphatic heterocycles. The first-order valence-electron chi connectivity index (χ1n) is 9.34. The summed E-state index contributed by atoms with van der Waals surface area (Å²) >= 11 is 0. The zero-order chi connectivity index (χ0) is 22.6. The number of para-hydroxylation sites is 1. The monoisotopic (exact) mass is 439 g/mol. The molecule has 0 spiro atoms. The minimum Gasteiger partial charge on any atom is -0.480 e. The Morgan fingerprint density at radius 3 is 2.32 bits per heavy atom. The van der Waals surface area contributed by atoms with Crippen LogP contribution in [0.25, 0.3) is 11.8 Å². The number of benzene rings is 2. The maximum atomic E-state index is 12.5. The maximum absolute atomic E-state index is 12.5. The molecule has 0 saturated carbocycles. The van der Waals surface area contributed by atoms with E-state index in [1.165, 1.54) is 30.3 Å². The van der Waals surface area contributed by atoms with Gasteiger partial charge >= 0.3 is 5.97 Å². The van der Waals surface area contributed by atoms with Crippen molar-refractivity contribution in [2.45, 2.75) is 18.7 Å². The van der Waals surface area contributed by atoms with E-state index in [0.29, 0.717) is 5.56 Å². The van der Waals surface area contributed by atoms with Crippen molar-refractivity contribution in [1.82, 2.24) is 14.5 Å². The van der Waals surface area contributed by atoms with E-state index in [9.17, 15) is 18.0 Å². The molecule has 2 N–H and O–H groups in total. The third kappa shape index (κ3) is 5.14. The van der Waals surface area contributed by atoms with Gasteiger partial charge in [0.25, 0.3) is 0 Å². The standard InChI is InChI=1S/C22H21N3O5S/c1-15-20(16(2)25(24-15)18-6-4-3-5-7-18)12-13-21(26)17-8-10-19(11-9-17)31(29,30)23-14-22(27)28/h3-13,23H,14H2,1-2H3,(H,27,28)/b13-12+. The minimum absolute atomic E-state index is 0.120. The number of aryl methyl sites for hydroxylation is 1. The molecular formula is C22H21N3O5S. The van der Waals surface area contributed by atoms with Gasteiger partial charge < -0.3 is 5.11 Å². The van der Waals surface area contributed by atoms with Gasteiger partial charge in [-0.2, -0.15) is 9.82 Å². The molecular weight excluding hydrogens is 418 g/mol. The fourth-order valence-corrected chi connectivity index (χ4v) is 3.98. The highest BCUT2D eigenvalue weighted by molar-refractivity contribution is 7.89. The van der Waals surface area contributed by atoms with Gasteiger partial charge in [-0.1, -0.05) is 18.2 Å². The number of allylic oxidation sites excluding steroid dienone is 1. The Morgan fingerprint density at radius 2 is 1.71 bits per heavy atom. The molecule has 1 heterocycles. The number of hydrogen-bond acceptors (Lipinski definition) is 5. The summed E-state index contributed by atoms with van der Waals surface area (Å²) < 4.78 is 27.9. The molecule has 2 aromatic carbocycles. The Kier molecular flexibility index (Phi) is 6.47. The van der Waals surface area contributed by atoms with E-state index >= 15 is 0 Å². The van der Waals surface area contributed by atoms with Crippen molar-refractivity contribution in [3.63, 3.8) is 0 Å². The van der Waals surface area contributed by atoms with Crippen LogP contribution < -0.4 is 4.72 Å². The molecule has 0 atom stereocenters. The first-order valence-corrected chi connectivity index (χ1v) is 10.8. The fraction of sp³-hybridized carbons (Fsp3) is 0.136. The largest absolute Gasteiger partial charge is 0.480 e. The number of hydrogen-bond donors (Lipinski definition) is 2. The summed E-state index contributed by atoms with van der Waals surface area (Å²) in [5.41, 5.74) is 3.71. The van der Waals surface area contributed by atoms with Crippen molar-refractivity contribution < 1.29 is 23.1 Å². The van der Waals surface area contributed by atoms with Crippen LogP contribution in [0.15, 0.2) is 65.6 Å². The first-order chi connectivity index (χ1) is 14.7. The summed E-state index contributed by atoms with van der Waals surface area (Å²) in [5.74, 6) is -1.59.